The molecule has 2 nitrogen and oxygen atoms in total. The Hall–Kier alpha value is -0.960. The van der Waals surface area contributed by atoms with E-state index in [1.165, 1.54) is 36.1 Å². The number of hydrogen-bond acceptors (Lipinski definition) is 2. The van der Waals surface area contributed by atoms with Crippen LogP contribution in [0.25, 0.3) is 0 Å². The average molecular weight is 277 g/mol. The minimum atomic E-state index is 0.298. The lowest BCUT2D eigenvalue weighted by molar-refractivity contribution is -0.131. The van der Waals surface area contributed by atoms with Crippen LogP contribution >= 0.6 is 11.8 Å². The Morgan fingerprint density at radius 3 is 2.53 bits per heavy atom. The lowest BCUT2D eigenvalue weighted by Crippen LogP contribution is -2.35. The summed E-state index contributed by atoms with van der Waals surface area (Å²) in [4.78, 5) is 15.3. The van der Waals surface area contributed by atoms with Crippen LogP contribution in [0.5, 0.6) is 0 Å². The normalized spacial score (nSPS) is 15.7. The van der Waals surface area contributed by atoms with E-state index < -0.39 is 0 Å². The van der Waals surface area contributed by atoms with Gasteiger partial charge in [0.2, 0.25) is 5.91 Å². The number of carbonyl (C=O) groups excluding carboxylic acids is 1. The maximum Gasteiger partial charge on any atom is 0.223 e. The van der Waals surface area contributed by atoms with Crippen molar-refractivity contribution >= 4 is 17.7 Å². The maximum atomic E-state index is 12.1. The molecule has 1 aliphatic carbocycles. The first kappa shape index (κ1) is 14.4. The van der Waals surface area contributed by atoms with Crippen molar-refractivity contribution in [1.29, 1.82) is 0 Å². The van der Waals surface area contributed by atoms with E-state index in [0.29, 0.717) is 18.4 Å². The van der Waals surface area contributed by atoms with E-state index in [1.54, 1.807) is 11.8 Å². The van der Waals surface area contributed by atoms with Gasteiger partial charge in [-0.25, -0.2) is 0 Å². The van der Waals surface area contributed by atoms with Crippen molar-refractivity contribution in [2.24, 2.45) is 0 Å². The fraction of sp³-hybridized carbons (Fsp3) is 0.562. The van der Waals surface area contributed by atoms with E-state index in [4.69, 9.17) is 0 Å². The Morgan fingerprint density at radius 1 is 1.26 bits per heavy atom. The number of benzene rings is 1. The molecule has 2 rings (SSSR count). The summed E-state index contributed by atoms with van der Waals surface area (Å²) in [6, 6.07) is 9.00. The molecule has 1 saturated carbocycles. The highest BCUT2D eigenvalue weighted by molar-refractivity contribution is 7.99. The van der Waals surface area contributed by atoms with Crippen LogP contribution in [-0.4, -0.2) is 29.6 Å². The summed E-state index contributed by atoms with van der Waals surface area (Å²) in [5.41, 5.74) is 1.28. The minimum absolute atomic E-state index is 0.298. The molecule has 104 valence electrons. The van der Waals surface area contributed by atoms with Crippen LogP contribution in [0.2, 0.25) is 0 Å². The van der Waals surface area contributed by atoms with Gasteiger partial charge in [-0.2, -0.15) is 0 Å². The van der Waals surface area contributed by atoms with Crippen LogP contribution in [0, 0.1) is 6.92 Å². The highest BCUT2D eigenvalue weighted by Crippen LogP contribution is 2.24. The highest BCUT2D eigenvalue weighted by Gasteiger charge is 2.22. The van der Waals surface area contributed by atoms with Gasteiger partial charge in [-0.1, -0.05) is 30.5 Å². The number of aryl methyl sites for hydroxylation is 1. The molecule has 1 aliphatic rings. The van der Waals surface area contributed by atoms with E-state index >= 15 is 0 Å². The van der Waals surface area contributed by atoms with Crippen molar-refractivity contribution in [2.75, 3.05) is 12.8 Å². The number of amides is 1. The molecule has 0 heterocycles. The zero-order chi connectivity index (χ0) is 13.7. The molecule has 0 aromatic heterocycles. The van der Waals surface area contributed by atoms with E-state index in [1.807, 2.05) is 11.9 Å². The summed E-state index contributed by atoms with van der Waals surface area (Å²) in [5, 5.41) is 0. The molecule has 0 N–H and O–H groups in total. The fourth-order valence-corrected chi connectivity index (χ4v) is 3.40. The summed E-state index contributed by atoms with van der Waals surface area (Å²) in [7, 11) is 1.97. The monoisotopic (exact) mass is 277 g/mol. The van der Waals surface area contributed by atoms with Gasteiger partial charge in [-0.15, -0.1) is 11.8 Å². The molecule has 0 saturated heterocycles. The van der Waals surface area contributed by atoms with E-state index in [-0.39, 0.29) is 0 Å². The Labute approximate surface area is 120 Å². The Kier molecular flexibility index (Phi) is 5.32. The molecular formula is C16H23NOS. The van der Waals surface area contributed by atoms with Crippen molar-refractivity contribution in [3.05, 3.63) is 29.8 Å². The molecule has 1 fully saturated rings. The first-order chi connectivity index (χ1) is 9.16. The van der Waals surface area contributed by atoms with Gasteiger partial charge in [0.1, 0.15) is 0 Å². The van der Waals surface area contributed by atoms with E-state index in [2.05, 4.69) is 31.2 Å². The summed E-state index contributed by atoms with van der Waals surface area (Å²) in [5.74, 6) is 1.17. The molecular weight excluding hydrogens is 254 g/mol. The molecule has 19 heavy (non-hydrogen) atoms. The Morgan fingerprint density at radius 2 is 1.89 bits per heavy atom. The zero-order valence-electron chi connectivity index (χ0n) is 11.9. The molecule has 0 aliphatic heterocycles. The van der Waals surface area contributed by atoms with Crippen LogP contribution in [-0.2, 0) is 4.79 Å². The molecule has 1 amide bonds. The summed E-state index contributed by atoms with van der Waals surface area (Å²) in [6.07, 6.45) is 5.58. The Balaban J connectivity index is 1.72. The van der Waals surface area contributed by atoms with Crippen molar-refractivity contribution in [3.8, 4) is 0 Å². The second kappa shape index (κ2) is 6.99. The molecule has 0 spiro atoms. The average Bonchev–Trinajstić information content (AvgIpc) is 2.94. The largest absolute Gasteiger partial charge is 0.343 e. The number of hydrogen-bond donors (Lipinski definition) is 0. The number of rotatable bonds is 5. The van der Waals surface area contributed by atoms with Crippen molar-refractivity contribution in [2.45, 2.75) is 50.0 Å². The SMILES string of the molecule is Cc1ccc(SCCC(=O)N(C)C2CCCC2)cc1. The first-order valence-electron chi connectivity index (χ1n) is 7.12. The number of carbonyl (C=O) groups is 1. The van der Waals surface area contributed by atoms with Crippen molar-refractivity contribution in [1.82, 2.24) is 4.90 Å². The fourth-order valence-electron chi connectivity index (χ4n) is 2.56. The second-order valence-corrected chi connectivity index (χ2v) is 6.52. The van der Waals surface area contributed by atoms with Gasteiger partial charge >= 0.3 is 0 Å². The third-order valence-electron chi connectivity index (χ3n) is 3.87. The van der Waals surface area contributed by atoms with Gasteiger partial charge in [-0.3, -0.25) is 4.79 Å². The molecule has 0 unspecified atom stereocenters. The van der Waals surface area contributed by atoms with Gasteiger partial charge in [0.25, 0.3) is 0 Å². The molecule has 0 bridgehead atoms. The molecule has 0 atom stereocenters. The lowest BCUT2D eigenvalue weighted by Gasteiger charge is -2.24. The summed E-state index contributed by atoms with van der Waals surface area (Å²) < 4.78 is 0. The standard InChI is InChI=1S/C16H23NOS/c1-13-7-9-15(10-8-13)19-12-11-16(18)17(2)14-5-3-4-6-14/h7-10,14H,3-6,11-12H2,1-2H3. The van der Waals surface area contributed by atoms with Gasteiger partial charge in [0.05, 0.1) is 0 Å². The van der Waals surface area contributed by atoms with Crippen LogP contribution in [0.3, 0.4) is 0 Å². The molecule has 0 radical (unpaired) electrons. The van der Waals surface area contributed by atoms with Gasteiger partial charge in [-0.05, 0) is 31.9 Å². The minimum Gasteiger partial charge on any atom is -0.343 e. The maximum absolute atomic E-state index is 12.1. The predicted octanol–water partition coefficient (Wildman–Crippen LogP) is 3.88. The van der Waals surface area contributed by atoms with Crippen LogP contribution in [0.1, 0.15) is 37.7 Å². The first-order valence-corrected chi connectivity index (χ1v) is 8.10. The number of nitrogens with zero attached hydrogens (tertiary/aromatic N) is 1. The summed E-state index contributed by atoms with van der Waals surface area (Å²) in [6.45, 7) is 2.09. The van der Waals surface area contributed by atoms with Crippen molar-refractivity contribution in [3.63, 3.8) is 0 Å². The van der Waals surface area contributed by atoms with Gasteiger partial charge in [0, 0.05) is 30.2 Å². The number of thioether (sulfide) groups is 1. The van der Waals surface area contributed by atoms with Crippen LogP contribution < -0.4 is 0 Å². The molecule has 1 aromatic rings. The van der Waals surface area contributed by atoms with Crippen LogP contribution in [0.15, 0.2) is 29.2 Å². The van der Waals surface area contributed by atoms with Gasteiger partial charge < -0.3 is 4.90 Å². The zero-order valence-corrected chi connectivity index (χ0v) is 12.7. The van der Waals surface area contributed by atoms with Crippen molar-refractivity contribution < 1.29 is 4.79 Å². The predicted molar refractivity (Wildman–Crippen MR) is 81.5 cm³/mol. The third-order valence-corrected chi connectivity index (χ3v) is 4.89. The Bertz CT molecular complexity index is 409. The summed E-state index contributed by atoms with van der Waals surface area (Å²) >= 11 is 1.77. The van der Waals surface area contributed by atoms with Gasteiger partial charge in [0.15, 0.2) is 0 Å². The molecule has 3 heteroatoms. The molecule has 1 aromatic carbocycles. The lowest BCUT2D eigenvalue weighted by atomic mass is 10.2. The quantitative estimate of drug-likeness (QED) is 0.761. The van der Waals surface area contributed by atoms with E-state index in [9.17, 15) is 4.79 Å². The third kappa shape index (κ3) is 4.27. The highest BCUT2D eigenvalue weighted by atomic mass is 32.2. The second-order valence-electron chi connectivity index (χ2n) is 5.35. The topological polar surface area (TPSA) is 20.3 Å². The smallest absolute Gasteiger partial charge is 0.223 e. The van der Waals surface area contributed by atoms with Crippen LogP contribution in [0.4, 0.5) is 0 Å². The van der Waals surface area contributed by atoms with E-state index in [0.717, 1.165) is 5.75 Å².